The van der Waals surface area contributed by atoms with Crippen molar-refractivity contribution in [3.05, 3.63) is 21.1 Å². The van der Waals surface area contributed by atoms with E-state index in [0.29, 0.717) is 14.6 Å². The van der Waals surface area contributed by atoms with E-state index in [0.717, 1.165) is 0 Å². The first-order chi connectivity index (χ1) is 8.73. The van der Waals surface area contributed by atoms with Gasteiger partial charge in [0.15, 0.2) is 0 Å². The van der Waals surface area contributed by atoms with Crippen LogP contribution in [0.25, 0.3) is 0 Å². The number of benzene rings is 1. The van der Waals surface area contributed by atoms with Gasteiger partial charge in [-0.1, -0.05) is 0 Å². The molecule has 0 aliphatic carbocycles. The molecule has 1 aromatic carbocycles. The lowest BCUT2D eigenvalue weighted by Gasteiger charge is -2.15. The maximum Gasteiger partial charge on any atom is 0.573 e. The number of anilines is 1. The molecule has 0 amide bonds. The molecule has 3 nitrogen and oxygen atoms in total. The Balaban J connectivity index is 2.85. The van der Waals surface area contributed by atoms with E-state index in [2.05, 4.69) is 41.9 Å². The van der Waals surface area contributed by atoms with Crippen LogP contribution in [0.3, 0.4) is 0 Å². The number of hydrogen-bond donors (Lipinski definition) is 2. The lowest BCUT2D eigenvalue weighted by atomic mass is 10.3. The second kappa shape index (κ2) is 7.01. The summed E-state index contributed by atoms with van der Waals surface area (Å²) in [6.07, 6.45) is -5.51. The number of nitrogens with one attached hydrogen (secondary N) is 1. The summed E-state index contributed by atoms with van der Waals surface area (Å²) in [5.74, 6) is -0.299. The predicted molar refractivity (Wildman–Crippen MR) is 73.7 cm³/mol. The molecule has 19 heavy (non-hydrogen) atoms. The summed E-state index contributed by atoms with van der Waals surface area (Å²) in [7, 11) is 0. The summed E-state index contributed by atoms with van der Waals surface area (Å²) >= 11 is 11.7. The highest BCUT2D eigenvalue weighted by Gasteiger charge is 2.31. The van der Waals surface area contributed by atoms with Gasteiger partial charge in [0.1, 0.15) is 5.75 Å². The van der Waals surface area contributed by atoms with E-state index in [1.54, 1.807) is 0 Å². The van der Waals surface area contributed by atoms with Crippen molar-refractivity contribution in [1.29, 1.82) is 0 Å². The van der Waals surface area contributed by atoms with Crippen molar-refractivity contribution in [3.63, 3.8) is 0 Å². The first kappa shape index (κ1) is 16.9. The van der Waals surface area contributed by atoms with Crippen molar-refractivity contribution in [2.45, 2.75) is 12.5 Å². The van der Waals surface area contributed by atoms with Crippen molar-refractivity contribution in [1.82, 2.24) is 0 Å². The molecule has 0 heterocycles. The van der Waals surface area contributed by atoms with Crippen molar-refractivity contribution < 1.29 is 23.0 Å². The molecule has 0 fully saturated rings. The number of aliphatic hydroxyl groups is 1. The zero-order valence-electron chi connectivity index (χ0n) is 9.27. The topological polar surface area (TPSA) is 41.5 Å². The van der Waals surface area contributed by atoms with Gasteiger partial charge >= 0.3 is 6.36 Å². The Bertz CT molecular complexity index is 422. The van der Waals surface area contributed by atoms with Gasteiger partial charge < -0.3 is 15.2 Å². The molecule has 0 aliphatic rings. The average Bonchev–Trinajstić information content (AvgIpc) is 2.25. The van der Waals surface area contributed by atoms with Gasteiger partial charge in [-0.05, 0) is 44.0 Å². The third-order valence-electron chi connectivity index (χ3n) is 1.94. The van der Waals surface area contributed by atoms with Gasteiger partial charge in [-0.15, -0.1) is 24.8 Å². The fourth-order valence-electron chi connectivity index (χ4n) is 1.19. The first-order valence-electron chi connectivity index (χ1n) is 4.95. The fraction of sp³-hybridized carbons (Fsp3) is 0.400. The van der Waals surface area contributed by atoms with E-state index in [4.69, 9.17) is 11.6 Å². The number of aliphatic hydroxyl groups excluding tert-OH is 1. The third-order valence-corrected chi connectivity index (χ3v) is 3.55. The van der Waals surface area contributed by atoms with E-state index in [1.807, 2.05) is 0 Å². The minimum atomic E-state index is -4.75. The van der Waals surface area contributed by atoms with Crippen LogP contribution in [0.4, 0.5) is 18.9 Å². The summed E-state index contributed by atoms with van der Waals surface area (Å²) < 4.78 is 40.8. The summed E-state index contributed by atoms with van der Waals surface area (Å²) in [5, 5.41) is 12.2. The molecule has 0 saturated heterocycles. The predicted octanol–water partition coefficient (Wildman–Crippen LogP) is 4.12. The minimum Gasteiger partial charge on any atom is -0.406 e. The van der Waals surface area contributed by atoms with Gasteiger partial charge in [0.25, 0.3) is 0 Å². The number of alkyl halides is 4. The molecule has 0 spiro atoms. The molecule has 0 aromatic heterocycles. The third kappa shape index (κ3) is 5.76. The Hall–Kier alpha value is -0.180. The Kier molecular flexibility index (Phi) is 6.22. The van der Waals surface area contributed by atoms with Crippen LogP contribution < -0.4 is 10.1 Å². The lowest BCUT2D eigenvalue weighted by Crippen LogP contribution is -2.21. The Morgan fingerprint density at radius 1 is 1.32 bits per heavy atom. The van der Waals surface area contributed by atoms with Gasteiger partial charge in [-0.25, -0.2) is 0 Å². The van der Waals surface area contributed by atoms with E-state index >= 15 is 0 Å². The van der Waals surface area contributed by atoms with Crippen molar-refractivity contribution in [2.75, 3.05) is 17.7 Å². The van der Waals surface area contributed by atoms with E-state index < -0.39 is 12.5 Å². The van der Waals surface area contributed by atoms with Crippen LogP contribution >= 0.6 is 43.5 Å². The quantitative estimate of drug-likeness (QED) is 0.695. The summed E-state index contributed by atoms with van der Waals surface area (Å²) in [6, 6.07) is 2.35. The molecular weight excluding hydrogens is 418 g/mol. The second-order valence-corrected chi connectivity index (χ2v) is 5.52. The molecule has 0 saturated carbocycles. The zero-order valence-corrected chi connectivity index (χ0v) is 13.2. The Morgan fingerprint density at radius 3 is 2.26 bits per heavy atom. The lowest BCUT2D eigenvalue weighted by molar-refractivity contribution is -0.274. The summed E-state index contributed by atoms with van der Waals surface area (Å²) in [4.78, 5) is 0. The number of halogens is 6. The summed E-state index contributed by atoms with van der Waals surface area (Å²) in [6.45, 7) is 0.167. The maximum absolute atomic E-state index is 12.1. The monoisotopic (exact) mass is 425 g/mol. The smallest absolute Gasteiger partial charge is 0.406 e. The van der Waals surface area contributed by atoms with Gasteiger partial charge in [-0.3, -0.25) is 0 Å². The zero-order chi connectivity index (χ0) is 14.6. The van der Waals surface area contributed by atoms with E-state index in [9.17, 15) is 18.3 Å². The van der Waals surface area contributed by atoms with Gasteiger partial charge in [0.05, 0.1) is 17.7 Å². The number of ether oxygens (including phenoxy) is 1. The Labute approximate surface area is 129 Å². The highest BCUT2D eigenvalue weighted by atomic mass is 79.9. The molecule has 1 rings (SSSR count). The van der Waals surface area contributed by atoms with Crippen LogP contribution in [-0.4, -0.2) is 30.0 Å². The highest BCUT2D eigenvalue weighted by molar-refractivity contribution is 9.11. The summed E-state index contributed by atoms with van der Waals surface area (Å²) in [5.41, 5.74) is 0.499. The minimum absolute atomic E-state index is 0.0531. The highest BCUT2D eigenvalue weighted by Crippen LogP contribution is 2.37. The van der Waals surface area contributed by atoms with Crippen molar-refractivity contribution in [2.24, 2.45) is 0 Å². The fourth-order valence-corrected chi connectivity index (χ4v) is 2.72. The molecular formula is C10H9Br2ClF3NO2. The van der Waals surface area contributed by atoms with E-state index in [-0.39, 0.29) is 18.2 Å². The van der Waals surface area contributed by atoms with Gasteiger partial charge in [-0.2, -0.15) is 0 Å². The van der Waals surface area contributed by atoms with Crippen LogP contribution in [-0.2, 0) is 0 Å². The average molecular weight is 427 g/mol. The molecule has 1 atom stereocenters. The number of hydrogen-bond acceptors (Lipinski definition) is 3. The molecule has 1 unspecified atom stereocenters. The van der Waals surface area contributed by atoms with Gasteiger partial charge in [0, 0.05) is 15.5 Å². The molecule has 9 heteroatoms. The maximum atomic E-state index is 12.1. The number of rotatable bonds is 5. The SMILES string of the molecule is OC(CCl)CNc1c(Br)cc(OC(F)(F)F)cc1Br. The normalized spacial score (nSPS) is 13.2. The molecule has 108 valence electrons. The van der Waals surface area contributed by atoms with Crippen LogP contribution in [0.2, 0.25) is 0 Å². The molecule has 0 bridgehead atoms. The largest absolute Gasteiger partial charge is 0.573 e. The molecule has 0 aliphatic heterocycles. The van der Waals surface area contributed by atoms with Crippen LogP contribution in [0.15, 0.2) is 21.1 Å². The first-order valence-corrected chi connectivity index (χ1v) is 7.07. The standard InChI is InChI=1S/C10H9Br2ClF3NO2/c11-7-1-6(19-10(14,15)16)2-8(12)9(7)17-4-5(18)3-13/h1-2,5,17-18H,3-4H2. The van der Waals surface area contributed by atoms with Crippen LogP contribution in [0, 0.1) is 0 Å². The Morgan fingerprint density at radius 2 is 1.84 bits per heavy atom. The van der Waals surface area contributed by atoms with Crippen LogP contribution in [0.5, 0.6) is 5.75 Å². The second-order valence-electron chi connectivity index (χ2n) is 3.50. The molecule has 0 radical (unpaired) electrons. The van der Waals surface area contributed by atoms with Gasteiger partial charge in [0.2, 0.25) is 0 Å². The molecule has 2 N–H and O–H groups in total. The van der Waals surface area contributed by atoms with Crippen molar-refractivity contribution >= 4 is 49.1 Å². The van der Waals surface area contributed by atoms with E-state index in [1.165, 1.54) is 12.1 Å². The van der Waals surface area contributed by atoms with Crippen molar-refractivity contribution in [3.8, 4) is 5.75 Å². The molecule has 1 aromatic rings. The van der Waals surface area contributed by atoms with Crippen LogP contribution in [0.1, 0.15) is 0 Å².